The summed E-state index contributed by atoms with van der Waals surface area (Å²) >= 11 is 11.9. The highest BCUT2D eigenvalue weighted by Gasteiger charge is 2.24. The molecule has 6 nitrogen and oxygen atoms in total. The molecule has 1 unspecified atom stereocenters. The fourth-order valence-corrected chi connectivity index (χ4v) is 4.43. The van der Waals surface area contributed by atoms with Gasteiger partial charge in [0.15, 0.2) is 0 Å². The number of fused-ring (bicyclic) bond motifs is 3. The lowest BCUT2D eigenvalue weighted by atomic mass is 10.0. The number of aryl methyl sites for hydroxylation is 1. The van der Waals surface area contributed by atoms with E-state index in [1.807, 2.05) is 32.0 Å². The number of halogens is 2. The number of para-hydroxylation sites is 1. The van der Waals surface area contributed by atoms with Crippen LogP contribution < -0.4 is 10.7 Å². The smallest absolute Gasteiger partial charge is 0.262 e. The van der Waals surface area contributed by atoms with E-state index in [1.165, 1.54) is 17.0 Å². The Morgan fingerprint density at radius 1 is 0.971 bits per heavy atom. The van der Waals surface area contributed by atoms with Gasteiger partial charge in [-0.3, -0.25) is 9.59 Å². The summed E-state index contributed by atoms with van der Waals surface area (Å²) in [5.41, 5.74) is 6.07. The van der Waals surface area contributed by atoms with Gasteiger partial charge in [0.2, 0.25) is 0 Å². The van der Waals surface area contributed by atoms with Crippen LogP contribution in [0, 0.1) is 5.92 Å². The van der Waals surface area contributed by atoms with Gasteiger partial charge >= 0.3 is 0 Å². The number of amides is 2. The molecule has 0 spiro atoms. The Balaban J connectivity index is 1.49. The first kappa shape index (κ1) is 24.8. The summed E-state index contributed by atoms with van der Waals surface area (Å²) in [5.74, 6) is -0.985. The van der Waals surface area contributed by atoms with E-state index in [-0.39, 0.29) is 10.9 Å². The SMILES string of the molecule is CCn1c2ccccc2c2cc(/C=N\NC(=O)C(NC(=O)c3ccc(Cl)c(Cl)c3)C(C)C)ccc21. The zero-order valence-electron chi connectivity index (χ0n) is 19.7. The molecule has 0 radical (unpaired) electrons. The van der Waals surface area contributed by atoms with Crippen LogP contribution in [0.5, 0.6) is 0 Å². The monoisotopic (exact) mass is 508 g/mol. The van der Waals surface area contributed by atoms with Crippen LogP contribution in [0.25, 0.3) is 21.8 Å². The molecule has 180 valence electrons. The van der Waals surface area contributed by atoms with Gasteiger partial charge in [0.1, 0.15) is 6.04 Å². The number of carbonyl (C=O) groups is 2. The van der Waals surface area contributed by atoms with E-state index in [9.17, 15) is 9.59 Å². The van der Waals surface area contributed by atoms with Gasteiger partial charge in [0.05, 0.1) is 16.3 Å². The highest BCUT2D eigenvalue weighted by molar-refractivity contribution is 6.42. The molecule has 1 atom stereocenters. The second-order valence-corrected chi connectivity index (χ2v) is 9.41. The standard InChI is InChI=1S/C27H26Cl2N4O2/c1-4-33-23-8-6-5-7-19(23)20-13-17(9-12-24(20)33)15-30-32-27(35)25(16(2)3)31-26(34)18-10-11-21(28)22(29)14-18/h5-16,25H,4H2,1-3H3,(H,31,34)(H,32,35)/b30-15-. The minimum absolute atomic E-state index is 0.159. The molecule has 0 aliphatic heterocycles. The lowest BCUT2D eigenvalue weighted by molar-refractivity contribution is -0.123. The molecular formula is C27H26Cl2N4O2. The first-order chi connectivity index (χ1) is 16.8. The number of nitrogens with zero attached hydrogens (tertiary/aromatic N) is 2. The summed E-state index contributed by atoms with van der Waals surface area (Å²) in [6, 6.07) is 18.2. The van der Waals surface area contributed by atoms with E-state index in [0.717, 1.165) is 23.0 Å². The zero-order valence-corrected chi connectivity index (χ0v) is 21.2. The third kappa shape index (κ3) is 5.19. The lowest BCUT2D eigenvalue weighted by Crippen LogP contribution is -2.48. The first-order valence-corrected chi connectivity index (χ1v) is 12.2. The van der Waals surface area contributed by atoms with Crippen LogP contribution in [0.15, 0.2) is 65.8 Å². The van der Waals surface area contributed by atoms with Crippen molar-refractivity contribution in [3.05, 3.63) is 81.8 Å². The molecule has 0 saturated carbocycles. The number of hydrazone groups is 1. The normalized spacial score (nSPS) is 12.5. The molecule has 3 aromatic carbocycles. The average molecular weight is 509 g/mol. The van der Waals surface area contributed by atoms with Gasteiger partial charge in [-0.2, -0.15) is 5.10 Å². The quantitative estimate of drug-likeness (QED) is 0.236. The zero-order chi connectivity index (χ0) is 25.1. The van der Waals surface area contributed by atoms with Crippen molar-refractivity contribution in [2.45, 2.75) is 33.4 Å². The van der Waals surface area contributed by atoms with E-state index in [1.54, 1.807) is 18.3 Å². The van der Waals surface area contributed by atoms with E-state index in [0.29, 0.717) is 10.6 Å². The maximum Gasteiger partial charge on any atom is 0.262 e. The predicted molar refractivity (Wildman–Crippen MR) is 143 cm³/mol. The van der Waals surface area contributed by atoms with Gasteiger partial charge < -0.3 is 9.88 Å². The van der Waals surface area contributed by atoms with Crippen LogP contribution in [-0.2, 0) is 11.3 Å². The largest absolute Gasteiger partial charge is 0.341 e. The van der Waals surface area contributed by atoms with E-state index in [2.05, 4.69) is 51.6 Å². The average Bonchev–Trinajstić information content (AvgIpc) is 3.16. The number of rotatable bonds is 7. The van der Waals surface area contributed by atoms with Gasteiger partial charge in [0, 0.05) is 33.9 Å². The van der Waals surface area contributed by atoms with Gasteiger partial charge in [-0.15, -0.1) is 0 Å². The van der Waals surface area contributed by atoms with Crippen LogP contribution in [0.3, 0.4) is 0 Å². The van der Waals surface area contributed by atoms with Crippen molar-refractivity contribution in [3.8, 4) is 0 Å². The molecule has 0 aliphatic carbocycles. The molecule has 0 fully saturated rings. The molecule has 2 N–H and O–H groups in total. The van der Waals surface area contributed by atoms with Gasteiger partial charge in [-0.25, -0.2) is 5.43 Å². The number of aromatic nitrogens is 1. The van der Waals surface area contributed by atoms with Crippen molar-refractivity contribution in [1.29, 1.82) is 0 Å². The molecule has 1 heterocycles. The molecule has 0 bridgehead atoms. The van der Waals surface area contributed by atoms with Crippen molar-refractivity contribution < 1.29 is 9.59 Å². The van der Waals surface area contributed by atoms with Crippen molar-refractivity contribution in [1.82, 2.24) is 15.3 Å². The molecular weight excluding hydrogens is 483 g/mol. The molecule has 0 aliphatic rings. The molecule has 4 aromatic rings. The van der Waals surface area contributed by atoms with Crippen LogP contribution in [0.4, 0.5) is 0 Å². The Labute approximate surface area is 213 Å². The number of hydrogen-bond acceptors (Lipinski definition) is 3. The molecule has 2 amide bonds. The number of nitrogens with one attached hydrogen (secondary N) is 2. The van der Waals surface area contributed by atoms with Crippen molar-refractivity contribution in [3.63, 3.8) is 0 Å². The molecule has 4 rings (SSSR count). The third-order valence-electron chi connectivity index (χ3n) is 5.92. The minimum Gasteiger partial charge on any atom is -0.341 e. The number of carbonyl (C=O) groups excluding carboxylic acids is 2. The highest BCUT2D eigenvalue weighted by atomic mass is 35.5. The van der Waals surface area contributed by atoms with Crippen LogP contribution >= 0.6 is 23.2 Å². The summed E-state index contributed by atoms with van der Waals surface area (Å²) in [6.07, 6.45) is 1.60. The predicted octanol–water partition coefficient (Wildman–Crippen LogP) is 6.03. The first-order valence-electron chi connectivity index (χ1n) is 11.4. The fourth-order valence-electron chi connectivity index (χ4n) is 4.13. The van der Waals surface area contributed by atoms with Crippen molar-refractivity contribution in [2.75, 3.05) is 0 Å². The van der Waals surface area contributed by atoms with Gasteiger partial charge in [-0.05, 0) is 54.8 Å². The molecule has 1 aromatic heterocycles. The molecule has 35 heavy (non-hydrogen) atoms. The number of benzene rings is 3. The third-order valence-corrected chi connectivity index (χ3v) is 6.66. The van der Waals surface area contributed by atoms with E-state index < -0.39 is 17.9 Å². The topological polar surface area (TPSA) is 75.5 Å². The van der Waals surface area contributed by atoms with E-state index in [4.69, 9.17) is 23.2 Å². The highest BCUT2D eigenvalue weighted by Crippen LogP contribution is 2.29. The Morgan fingerprint density at radius 3 is 2.43 bits per heavy atom. The lowest BCUT2D eigenvalue weighted by Gasteiger charge is -2.20. The van der Waals surface area contributed by atoms with Gasteiger partial charge in [0.25, 0.3) is 11.8 Å². The maximum atomic E-state index is 12.8. The summed E-state index contributed by atoms with van der Waals surface area (Å²) in [5, 5.41) is 9.83. The fraction of sp³-hybridized carbons (Fsp3) is 0.222. The second kappa shape index (κ2) is 10.5. The second-order valence-electron chi connectivity index (χ2n) is 8.60. The Bertz CT molecular complexity index is 1440. The molecule has 8 heteroatoms. The van der Waals surface area contributed by atoms with Crippen LogP contribution in [0.2, 0.25) is 10.0 Å². The summed E-state index contributed by atoms with van der Waals surface area (Å²) in [6.45, 7) is 6.70. The molecule has 0 saturated heterocycles. The van der Waals surface area contributed by atoms with Crippen LogP contribution in [-0.4, -0.2) is 28.6 Å². The number of hydrogen-bond donors (Lipinski definition) is 2. The minimum atomic E-state index is -0.779. The summed E-state index contributed by atoms with van der Waals surface area (Å²) in [7, 11) is 0. The van der Waals surface area contributed by atoms with Crippen molar-refractivity contribution in [2.24, 2.45) is 11.0 Å². The van der Waals surface area contributed by atoms with Crippen molar-refractivity contribution >= 4 is 63.0 Å². The Hall–Kier alpha value is -3.35. The van der Waals surface area contributed by atoms with Gasteiger partial charge in [-0.1, -0.05) is 61.3 Å². The van der Waals surface area contributed by atoms with Crippen LogP contribution in [0.1, 0.15) is 36.7 Å². The maximum absolute atomic E-state index is 12.8. The Kier molecular flexibility index (Phi) is 7.43. The Morgan fingerprint density at radius 2 is 1.71 bits per heavy atom. The summed E-state index contributed by atoms with van der Waals surface area (Å²) in [4.78, 5) is 25.4. The summed E-state index contributed by atoms with van der Waals surface area (Å²) < 4.78 is 2.27. The van der Waals surface area contributed by atoms with E-state index >= 15 is 0 Å².